The molecule has 0 aromatic rings. The van der Waals surface area contributed by atoms with Crippen molar-refractivity contribution in [3.8, 4) is 0 Å². The summed E-state index contributed by atoms with van der Waals surface area (Å²) in [6, 6.07) is 0. The van der Waals surface area contributed by atoms with Crippen LogP contribution in [0.15, 0.2) is 0 Å². The number of hydrogen-bond donors (Lipinski definition) is 1. The summed E-state index contributed by atoms with van der Waals surface area (Å²) in [4.78, 5) is 2.41. The lowest BCUT2D eigenvalue weighted by molar-refractivity contribution is 0.288. The third-order valence-electron chi connectivity index (χ3n) is 3.02. The number of nitrogens with one attached hydrogen (secondary N) is 1. The van der Waals surface area contributed by atoms with Gasteiger partial charge in [0.1, 0.15) is 0 Å². The summed E-state index contributed by atoms with van der Waals surface area (Å²) in [5.41, 5.74) is 0. The summed E-state index contributed by atoms with van der Waals surface area (Å²) < 4.78 is 25.8. The van der Waals surface area contributed by atoms with Gasteiger partial charge in [0.05, 0.1) is 5.25 Å². The topological polar surface area (TPSA) is 49.4 Å². The summed E-state index contributed by atoms with van der Waals surface area (Å²) >= 11 is 0. The van der Waals surface area contributed by atoms with Gasteiger partial charge in [0, 0.05) is 13.1 Å². The maximum Gasteiger partial charge on any atom is 0.213 e. The number of hydrogen-bond acceptors (Lipinski definition) is 3. The molecule has 4 nitrogen and oxygen atoms in total. The van der Waals surface area contributed by atoms with Gasteiger partial charge in [0.25, 0.3) is 0 Å². The molecule has 0 spiro atoms. The maximum absolute atomic E-state index is 11.5. The van der Waals surface area contributed by atoms with Crippen LogP contribution in [-0.2, 0) is 10.0 Å². The molecule has 5 heteroatoms. The molecule has 0 aliphatic carbocycles. The predicted octanol–water partition coefficient (Wildman–Crippen LogP) is 1.05. The van der Waals surface area contributed by atoms with E-state index in [0.717, 1.165) is 6.54 Å². The molecule has 0 aromatic carbocycles. The van der Waals surface area contributed by atoms with Crippen LogP contribution in [0, 0.1) is 5.92 Å². The minimum Gasteiger partial charge on any atom is -0.303 e. The molecule has 0 radical (unpaired) electrons. The second-order valence-corrected chi connectivity index (χ2v) is 7.38. The third kappa shape index (κ3) is 4.39. The molecule has 1 N–H and O–H groups in total. The minimum absolute atomic E-state index is 0.341. The van der Waals surface area contributed by atoms with E-state index in [1.807, 2.05) is 0 Å². The van der Waals surface area contributed by atoms with Crippen molar-refractivity contribution < 1.29 is 8.42 Å². The predicted molar refractivity (Wildman–Crippen MR) is 66.9 cm³/mol. The first-order valence-electron chi connectivity index (χ1n) is 6.12. The first-order valence-corrected chi connectivity index (χ1v) is 7.67. The smallest absolute Gasteiger partial charge is 0.213 e. The molecule has 1 fully saturated rings. The van der Waals surface area contributed by atoms with Crippen LogP contribution in [0.5, 0.6) is 0 Å². The highest BCUT2D eigenvalue weighted by molar-refractivity contribution is 7.90. The fourth-order valence-electron chi connectivity index (χ4n) is 1.90. The zero-order valence-electron chi connectivity index (χ0n) is 10.6. The van der Waals surface area contributed by atoms with E-state index in [1.165, 1.54) is 25.9 Å². The molecule has 96 valence electrons. The van der Waals surface area contributed by atoms with Gasteiger partial charge in [-0.2, -0.15) is 0 Å². The second kappa shape index (κ2) is 5.98. The zero-order chi connectivity index (χ0) is 12.2. The molecular formula is C11H24N2O2S. The van der Waals surface area contributed by atoms with Crippen molar-refractivity contribution in [3.05, 3.63) is 0 Å². The molecular weight excluding hydrogens is 224 g/mol. The maximum atomic E-state index is 11.5. The Labute approximate surface area is 99.5 Å². The van der Waals surface area contributed by atoms with E-state index in [9.17, 15) is 8.42 Å². The molecule has 0 aromatic heterocycles. The van der Waals surface area contributed by atoms with Crippen molar-refractivity contribution >= 4 is 10.0 Å². The van der Waals surface area contributed by atoms with Crippen molar-refractivity contribution in [2.24, 2.45) is 5.92 Å². The Morgan fingerprint density at radius 3 is 2.25 bits per heavy atom. The Hall–Kier alpha value is -0.130. The quantitative estimate of drug-likeness (QED) is 0.764. The van der Waals surface area contributed by atoms with E-state index in [4.69, 9.17) is 0 Å². The Morgan fingerprint density at radius 1 is 1.19 bits per heavy atom. The monoisotopic (exact) mass is 248 g/mol. The van der Waals surface area contributed by atoms with E-state index < -0.39 is 10.0 Å². The summed E-state index contributed by atoms with van der Waals surface area (Å²) in [5, 5.41) is -0.341. The summed E-state index contributed by atoms with van der Waals surface area (Å²) in [6.45, 7) is 9.39. The highest BCUT2D eigenvalue weighted by Crippen LogP contribution is 2.10. The van der Waals surface area contributed by atoms with Gasteiger partial charge in [-0.1, -0.05) is 6.92 Å². The lowest BCUT2D eigenvalue weighted by Gasteiger charge is -2.20. The lowest BCUT2D eigenvalue weighted by atomic mass is 10.2. The van der Waals surface area contributed by atoms with Crippen LogP contribution in [0.1, 0.15) is 33.6 Å². The van der Waals surface area contributed by atoms with Gasteiger partial charge in [-0.3, -0.25) is 0 Å². The van der Waals surface area contributed by atoms with Gasteiger partial charge in [-0.25, -0.2) is 13.1 Å². The lowest BCUT2D eigenvalue weighted by Crippen LogP contribution is -2.37. The standard InChI is InChI=1S/C11H24N2O2S/c1-10(2)16(14,15)12-8-11(3)9-13-6-4-5-7-13/h10-12H,4-9H2,1-3H3. The Kier molecular flexibility index (Phi) is 5.21. The molecule has 1 saturated heterocycles. The van der Waals surface area contributed by atoms with Gasteiger partial charge >= 0.3 is 0 Å². The fraction of sp³-hybridized carbons (Fsp3) is 1.00. The molecule has 16 heavy (non-hydrogen) atoms. The van der Waals surface area contributed by atoms with Crippen LogP contribution in [-0.4, -0.2) is 44.7 Å². The van der Waals surface area contributed by atoms with E-state index in [2.05, 4.69) is 16.5 Å². The average molecular weight is 248 g/mol. The summed E-state index contributed by atoms with van der Waals surface area (Å²) in [7, 11) is -3.10. The first kappa shape index (κ1) is 13.9. The Morgan fingerprint density at radius 2 is 1.75 bits per heavy atom. The highest BCUT2D eigenvalue weighted by atomic mass is 32.2. The van der Waals surface area contributed by atoms with E-state index >= 15 is 0 Å². The molecule has 1 atom stereocenters. The van der Waals surface area contributed by atoms with Gasteiger partial charge in [-0.05, 0) is 45.7 Å². The third-order valence-corrected chi connectivity index (χ3v) is 4.83. The molecule has 1 rings (SSSR count). The van der Waals surface area contributed by atoms with Crippen molar-refractivity contribution in [1.82, 2.24) is 9.62 Å². The van der Waals surface area contributed by atoms with Crippen LogP contribution < -0.4 is 4.72 Å². The largest absolute Gasteiger partial charge is 0.303 e. The number of nitrogens with zero attached hydrogens (tertiary/aromatic N) is 1. The minimum atomic E-state index is -3.10. The summed E-state index contributed by atoms with van der Waals surface area (Å²) in [5.74, 6) is 0.381. The second-order valence-electron chi connectivity index (χ2n) is 5.06. The number of sulfonamides is 1. The SMILES string of the molecule is CC(CNS(=O)(=O)C(C)C)CN1CCCC1. The Bertz CT molecular complexity index is 295. The van der Waals surface area contributed by atoms with Crippen molar-refractivity contribution in [2.75, 3.05) is 26.2 Å². The van der Waals surface area contributed by atoms with Gasteiger partial charge < -0.3 is 4.90 Å². The van der Waals surface area contributed by atoms with Crippen LogP contribution >= 0.6 is 0 Å². The fourth-order valence-corrected chi connectivity index (χ4v) is 2.75. The van der Waals surface area contributed by atoms with E-state index in [-0.39, 0.29) is 5.25 Å². The normalized spacial score (nSPS) is 20.5. The first-order chi connectivity index (χ1) is 7.42. The Balaban J connectivity index is 2.26. The van der Waals surface area contributed by atoms with Gasteiger partial charge in [-0.15, -0.1) is 0 Å². The van der Waals surface area contributed by atoms with Crippen LogP contribution in [0.2, 0.25) is 0 Å². The highest BCUT2D eigenvalue weighted by Gasteiger charge is 2.18. The van der Waals surface area contributed by atoms with Gasteiger partial charge in [0.2, 0.25) is 10.0 Å². The summed E-state index contributed by atoms with van der Waals surface area (Å²) in [6.07, 6.45) is 2.56. The molecule has 1 aliphatic heterocycles. The molecule has 1 heterocycles. The van der Waals surface area contributed by atoms with E-state index in [1.54, 1.807) is 13.8 Å². The molecule has 0 amide bonds. The molecule has 0 saturated carbocycles. The molecule has 0 bridgehead atoms. The average Bonchev–Trinajstić information content (AvgIpc) is 2.67. The number of rotatable bonds is 6. The zero-order valence-corrected chi connectivity index (χ0v) is 11.4. The van der Waals surface area contributed by atoms with Crippen molar-refractivity contribution in [3.63, 3.8) is 0 Å². The van der Waals surface area contributed by atoms with Crippen LogP contribution in [0.3, 0.4) is 0 Å². The molecule has 1 unspecified atom stereocenters. The van der Waals surface area contributed by atoms with E-state index in [0.29, 0.717) is 12.5 Å². The van der Waals surface area contributed by atoms with Crippen molar-refractivity contribution in [1.29, 1.82) is 0 Å². The number of likely N-dealkylation sites (tertiary alicyclic amines) is 1. The van der Waals surface area contributed by atoms with Gasteiger partial charge in [0.15, 0.2) is 0 Å². The van der Waals surface area contributed by atoms with Crippen molar-refractivity contribution in [2.45, 2.75) is 38.9 Å². The van der Waals surface area contributed by atoms with Crippen LogP contribution in [0.4, 0.5) is 0 Å². The van der Waals surface area contributed by atoms with Crippen LogP contribution in [0.25, 0.3) is 0 Å². The molecule has 1 aliphatic rings.